The number of carbonyl (C=O) groups is 2. The lowest BCUT2D eigenvalue weighted by Crippen LogP contribution is -2.22. The zero-order valence-electron chi connectivity index (χ0n) is 14.4. The number of hydrogen-bond acceptors (Lipinski definition) is 7. The van der Waals surface area contributed by atoms with E-state index in [1.807, 2.05) is 0 Å². The van der Waals surface area contributed by atoms with Crippen LogP contribution in [0.25, 0.3) is 0 Å². The van der Waals surface area contributed by atoms with Crippen LogP contribution in [0.4, 0.5) is 0 Å². The summed E-state index contributed by atoms with van der Waals surface area (Å²) in [7, 11) is 4.37. The van der Waals surface area contributed by atoms with Crippen LogP contribution in [-0.2, 0) is 0 Å². The molecule has 0 radical (unpaired) electrons. The largest absolute Gasteiger partial charge is 0.545 e. The Hall–Kier alpha value is -3.55. The first kappa shape index (κ1) is 18.8. The fourth-order valence-corrected chi connectivity index (χ4v) is 2.15. The first-order valence-corrected chi connectivity index (χ1v) is 7.45. The predicted octanol–water partition coefficient (Wildman–Crippen LogP) is 0.840. The molecule has 8 heteroatoms. The summed E-state index contributed by atoms with van der Waals surface area (Å²) < 4.78 is 15.6. The number of amides is 1. The molecule has 1 amide bonds. The number of hydrazone groups is 1. The van der Waals surface area contributed by atoms with Crippen molar-refractivity contribution in [3.8, 4) is 17.2 Å². The first-order chi connectivity index (χ1) is 12.5. The van der Waals surface area contributed by atoms with E-state index in [0.29, 0.717) is 22.8 Å². The van der Waals surface area contributed by atoms with Crippen LogP contribution in [0.15, 0.2) is 41.5 Å². The molecule has 136 valence electrons. The van der Waals surface area contributed by atoms with Crippen LogP contribution in [0, 0.1) is 0 Å². The Balaban J connectivity index is 2.13. The maximum absolute atomic E-state index is 12.3. The van der Waals surface area contributed by atoms with Gasteiger partial charge >= 0.3 is 0 Å². The van der Waals surface area contributed by atoms with Crippen molar-refractivity contribution in [2.75, 3.05) is 21.3 Å². The third kappa shape index (κ3) is 4.29. The van der Waals surface area contributed by atoms with Gasteiger partial charge in [0, 0.05) is 5.56 Å². The molecule has 0 unspecified atom stereocenters. The van der Waals surface area contributed by atoms with E-state index in [0.717, 1.165) is 0 Å². The minimum absolute atomic E-state index is 0.0589. The van der Waals surface area contributed by atoms with E-state index in [1.54, 1.807) is 12.1 Å². The molecule has 1 N–H and O–H groups in total. The van der Waals surface area contributed by atoms with Crippen molar-refractivity contribution in [1.82, 2.24) is 5.43 Å². The zero-order valence-corrected chi connectivity index (χ0v) is 14.4. The number of carboxylic acid groups (broad SMARTS) is 1. The third-order valence-electron chi connectivity index (χ3n) is 3.45. The number of rotatable bonds is 7. The van der Waals surface area contributed by atoms with E-state index >= 15 is 0 Å². The maximum Gasteiger partial charge on any atom is 0.271 e. The third-order valence-corrected chi connectivity index (χ3v) is 3.45. The van der Waals surface area contributed by atoms with Crippen molar-refractivity contribution < 1.29 is 28.9 Å². The maximum atomic E-state index is 12.3. The molecule has 0 aliphatic heterocycles. The number of carboxylic acids is 1. The molecular formula is C18H17N2O6-. The molecule has 0 atom stereocenters. The Morgan fingerprint density at radius 3 is 2.00 bits per heavy atom. The number of aromatic carboxylic acids is 1. The van der Waals surface area contributed by atoms with Crippen molar-refractivity contribution in [2.45, 2.75) is 0 Å². The van der Waals surface area contributed by atoms with E-state index in [1.165, 1.54) is 51.8 Å². The van der Waals surface area contributed by atoms with E-state index in [2.05, 4.69) is 10.5 Å². The number of carbonyl (C=O) groups excluding carboxylic acids is 2. The Labute approximate surface area is 150 Å². The Bertz CT molecular complexity index is 805. The average Bonchev–Trinajstić information content (AvgIpc) is 2.66. The highest BCUT2D eigenvalue weighted by molar-refractivity contribution is 5.96. The normalized spacial score (nSPS) is 10.4. The van der Waals surface area contributed by atoms with Gasteiger partial charge in [-0.15, -0.1) is 0 Å². The van der Waals surface area contributed by atoms with Crippen molar-refractivity contribution in [3.05, 3.63) is 53.1 Å². The van der Waals surface area contributed by atoms with Crippen LogP contribution in [0.1, 0.15) is 26.3 Å². The smallest absolute Gasteiger partial charge is 0.271 e. The number of methoxy groups -OCH3 is 3. The molecule has 0 heterocycles. The second kappa shape index (κ2) is 8.52. The lowest BCUT2D eigenvalue weighted by atomic mass is 10.1. The molecule has 0 fully saturated rings. The standard InChI is InChI=1S/C18H18N2O6/c1-24-14-8-13(9-15(25-2)16(14)26-3)17(21)20-19-10-11-4-6-12(7-5-11)18(22)23/h4-10H,1-3H3,(H,20,21)(H,22,23)/p-1/b19-10-. The monoisotopic (exact) mass is 357 g/mol. The molecule has 0 saturated carbocycles. The number of ether oxygens (including phenoxy) is 3. The number of benzene rings is 2. The van der Waals surface area contributed by atoms with Gasteiger partial charge in [0.2, 0.25) is 5.75 Å². The fraction of sp³-hybridized carbons (Fsp3) is 0.167. The second-order valence-electron chi connectivity index (χ2n) is 5.02. The Kier molecular flexibility index (Phi) is 6.15. The molecular weight excluding hydrogens is 340 g/mol. The van der Waals surface area contributed by atoms with E-state index in [4.69, 9.17) is 14.2 Å². The average molecular weight is 357 g/mol. The second-order valence-corrected chi connectivity index (χ2v) is 5.02. The van der Waals surface area contributed by atoms with E-state index < -0.39 is 11.9 Å². The fourth-order valence-electron chi connectivity index (χ4n) is 2.15. The van der Waals surface area contributed by atoms with Crippen LogP contribution in [0.5, 0.6) is 17.2 Å². The molecule has 0 saturated heterocycles. The van der Waals surface area contributed by atoms with Crippen molar-refractivity contribution in [1.29, 1.82) is 0 Å². The number of nitrogens with zero attached hydrogens (tertiary/aromatic N) is 1. The van der Waals surface area contributed by atoms with Gasteiger partial charge in [0.25, 0.3) is 5.91 Å². The summed E-state index contributed by atoms with van der Waals surface area (Å²) in [6.45, 7) is 0. The van der Waals surface area contributed by atoms with Crippen LogP contribution in [0.2, 0.25) is 0 Å². The van der Waals surface area contributed by atoms with Gasteiger partial charge in [0.15, 0.2) is 11.5 Å². The predicted molar refractivity (Wildman–Crippen MR) is 91.9 cm³/mol. The molecule has 2 aromatic rings. The van der Waals surface area contributed by atoms with E-state index in [-0.39, 0.29) is 11.1 Å². The zero-order chi connectivity index (χ0) is 19.1. The van der Waals surface area contributed by atoms with Crippen molar-refractivity contribution >= 4 is 18.1 Å². The van der Waals surface area contributed by atoms with Gasteiger partial charge in [0.05, 0.1) is 33.5 Å². The van der Waals surface area contributed by atoms with Crippen LogP contribution < -0.4 is 24.7 Å². The lowest BCUT2D eigenvalue weighted by Gasteiger charge is -2.13. The van der Waals surface area contributed by atoms with Gasteiger partial charge in [-0.3, -0.25) is 4.79 Å². The molecule has 2 aromatic carbocycles. The highest BCUT2D eigenvalue weighted by Gasteiger charge is 2.16. The molecule has 2 rings (SSSR count). The van der Waals surface area contributed by atoms with Gasteiger partial charge in [-0.2, -0.15) is 5.10 Å². The first-order valence-electron chi connectivity index (χ1n) is 7.45. The van der Waals surface area contributed by atoms with Gasteiger partial charge in [-0.05, 0) is 23.3 Å². The van der Waals surface area contributed by atoms with Gasteiger partial charge in [-0.1, -0.05) is 24.3 Å². The minimum atomic E-state index is -1.26. The number of nitrogens with one attached hydrogen (secondary N) is 1. The molecule has 0 aliphatic rings. The minimum Gasteiger partial charge on any atom is -0.545 e. The summed E-state index contributed by atoms with van der Waals surface area (Å²) in [5, 5.41) is 14.5. The van der Waals surface area contributed by atoms with Crippen molar-refractivity contribution in [3.63, 3.8) is 0 Å². The Morgan fingerprint density at radius 2 is 1.54 bits per heavy atom. The topological polar surface area (TPSA) is 109 Å². The van der Waals surface area contributed by atoms with Gasteiger partial charge in [-0.25, -0.2) is 5.43 Å². The van der Waals surface area contributed by atoms with Crippen LogP contribution in [0.3, 0.4) is 0 Å². The summed E-state index contributed by atoms with van der Waals surface area (Å²) in [6, 6.07) is 8.86. The van der Waals surface area contributed by atoms with Crippen molar-refractivity contribution in [2.24, 2.45) is 5.10 Å². The number of hydrogen-bond donors (Lipinski definition) is 1. The highest BCUT2D eigenvalue weighted by atomic mass is 16.5. The quantitative estimate of drug-likeness (QED) is 0.581. The van der Waals surface area contributed by atoms with E-state index in [9.17, 15) is 14.7 Å². The highest BCUT2D eigenvalue weighted by Crippen LogP contribution is 2.38. The molecule has 0 bridgehead atoms. The summed E-state index contributed by atoms with van der Waals surface area (Å²) in [6.07, 6.45) is 1.38. The summed E-state index contributed by atoms with van der Waals surface area (Å²) in [4.78, 5) is 22.9. The van der Waals surface area contributed by atoms with Crippen LogP contribution >= 0.6 is 0 Å². The molecule has 8 nitrogen and oxygen atoms in total. The molecule has 0 spiro atoms. The van der Waals surface area contributed by atoms with Crippen LogP contribution in [-0.4, -0.2) is 39.4 Å². The SMILES string of the molecule is COc1cc(C(=O)N/N=C\c2ccc(C(=O)[O-])cc2)cc(OC)c1OC. The molecule has 26 heavy (non-hydrogen) atoms. The Morgan fingerprint density at radius 1 is 0.962 bits per heavy atom. The molecule has 0 aliphatic carbocycles. The summed E-state index contributed by atoms with van der Waals surface area (Å²) >= 11 is 0. The molecule has 0 aromatic heterocycles. The summed E-state index contributed by atoms with van der Waals surface area (Å²) in [5.74, 6) is -0.670. The van der Waals surface area contributed by atoms with Gasteiger partial charge in [0.1, 0.15) is 0 Å². The summed E-state index contributed by atoms with van der Waals surface area (Å²) in [5.41, 5.74) is 3.31. The van der Waals surface area contributed by atoms with Gasteiger partial charge < -0.3 is 24.1 Å². The lowest BCUT2D eigenvalue weighted by molar-refractivity contribution is -0.255.